The molecule has 13 heavy (non-hydrogen) atoms. The summed E-state index contributed by atoms with van der Waals surface area (Å²) in [5, 5.41) is 10.0. The van der Waals surface area contributed by atoms with E-state index in [1.54, 1.807) is 19.2 Å². The molecular weight excluding hydrogens is 236 g/mol. The Balaban J connectivity index is 2.84. The molecule has 1 aromatic heterocycles. The van der Waals surface area contributed by atoms with Crippen LogP contribution in [0.4, 0.5) is 0 Å². The van der Waals surface area contributed by atoms with Crippen LogP contribution in [0.5, 0.6) is 11.5 Å². The van der Waals surface area contributed by atoms with Gasteiger partial charge >= 0.3 is 0 Å². The molecule has 4 heteroatoms. The molecule has 1 heterocycles. The number of benzene rings is 1. The number of hydrogen-bond donors (Lipinski definition) is 1. The Morgan fingerprint density at radius 3 is 2.92 bits per heavy atom. The normalized spacial score (nSPS) is 10.6. The first-order valence-corrected chi connectivity index (χ1v) is 4.45. The van der Waals surface area contributed by atoms with Crippen molar-refractivity contribution in [2.24, 2.45) is 0 Å². The van der Waals surface area contributed by atoms with Gasteiger partial charge in [-0.3, -0.25) is 0 Å². The van der Waals surface area contributed by atoms with Gasteiger partial charge in [0.25, 0.3) is 0 Å². The van der Waals surface area contributed by atoms with Gasteiger partial charge in [-0.1, -0.05) is 15.9 Å². The molecule has 1 N–H and O–H groups in total. The molecule has 2 rings (SSSR count). The van der Waals surface area contributed by atoms with Crippen molar-refractivity contribution >= 4 is 26.9 Å². The molecule has 0 saturated carbocycles. The first-order chi connectivity index (χ1) is 6.22. The minimum Gasteiger partial charge on any atom is -0.504 e. The summed E-state index contributed by atoms with van der Waals surface area (Å²) in [5.41, 5.74) is 0.559. The zero-order valence-corrected chi connectivity index (χ0v) is 8.46. The van der Waals surface area contributed by atoms with Crippen LogP contribution in [0.3, 0.4) is 0 Å². The van der Waals surface area contributed by atoms with E-state index >= 15 is 0 Å². The molecular formula is C9H7BrO3. The van der Waals surface area contributed by atoms with Crippen LogP contribution in [0.1, 0.15) is 0 Å². The lowest BCUT2D eigenvalue weighted by Crippen LogP contribution is -1.82. The van der Waals surface area contributed by atoms with E-state index < -0.39 is 0 Å². The van der Waals surface area contributed by atoms with Gasteiger partial charge in [-0.2, -0.15) is 0 Å². The van der Waals surface area contributed by atoms with Crippen LogP contribution in [0.25, 0.3) is 11.0 Å². The van der Waals surface area contributed by atoms with Gasteiger partial charge in [-0.15, -0.1) is 0 Å². The van der Waals surface area contributed by atoms with Crippen LogP contribution < -0.4 is 4.74 Å². The highest BCUT2D eigenvalue weighted by atomic mass is 79.9. The lowest BCUT2D eigenvalue weighted by Gasteiger charge is -2.00. The summed E-state index contributed by atoms with van der Waals surface area (Å²) in [5.74, 6) is 0.722. The standard InChI is InChI=1S/C9H7BrO3/c1-12-8-3-5(10)2-6-7(11)4-13-9(6)8/h2-4,11H,1H3. The van der Waals surface area contributed by atoms with E-state index in [4.69, 9.17) is 9.15 Å². The Hall–Kier alpha value is -1.16. The number of halogens is 1. The van der Waals surface area contributed by atoms with Gasteiger partial charge in [-0.25, -0.2) is 0 Å². The topological polar surface area (TPSA) is 42.6 Å². The third-order valence-electron chi connectivity index (χ3n) is 1.80. The molecule has 2 aromatic rings. The number of hydrogen-bond acceptors (Lipinski definition) is 3. The van der Waals surface area contributed by atoms with Gasteiger partial charge < -0.3 is 14.3 Å². The van der Waals surface area contributed by atoms with Gasteiger partial charge in [0.2, 0.25) is 0 Å². The molecule has 0 spiro atoms. The predicted octanol–water partition coefficient (Wildman–Crippen LogP) is 2.91. The summed E-state index contributed by atoms with van der Waals surface area (Å²) in [6.45, 7) is 0. The Morgan fingerprint density at radius 1 is 1.46 bits per heavy atom. The van der Waals surface area contributed by atoms with E-state index in [0.717, 1.165) is 4.47 Å². The molecule has 1 aromatic carbocycles. The summed E-state index contributed by atoms with van der Waals surface area (Å²) in [6, 6.07) is 3.56. The zero-order valence-electron chi connectivity index (χ0n) is 6.87. The molecule has 0 saturated heterocycles. The number of furan rings is 1. The number of rotatable bonds is 1. The van der Waals surface area contributed by atoms with Crippen molar-refractivity contribution in [2.75, 3.05) is 7.11 Å². The van der Waals surface area contributed by atoms with E-state index in [9.17, 15) is 5.11 Å². The minimum atomic E-state index is 0.120. The fourth-order valence-electron chi connectivity index (χ4n) is 1.21. The second-order valence-corrected chi connectivity index (χ2v) is 3.52. The monoisotopic (exact) mass is 242 g/mol. The molecule has 0 unspecified atom stereocenters. The first-order valence-electron chi connectivity index (χ1n) is 3.66. The van der Waals surface area contributed by atoms with Gasteiger partial charge in [-0.05, 0) is 12.1 Å². The second-order valence-electron chi connectivity index (χ2n) is 2.61. The highest BCUT2D eigenvalue weighted by molar-refractivity contribution is 9.10. The van der Waals surface area contributed by atoms with Crippen molar-refractivity contribution in [3.63, 3.8) is 0 Å². The van der Waals surface area contributed by atoms with Gasteiger partial charge in [0.1, 0.15) is 6.26 Å². The van der Waals surface area contributed by atoms with E-state index in [0.29, 0.717) is 16.7 Å². The SMILES string of the molecule is COc1cc(Br)cc2c(O)coc12. The number of ether oxygens (including phenoxy) is 1. The molecule has 0 atom stereocenters. The molecule has 0 radical (unpaired) electrons. The summed E-state index contributed by atoms with van der Waals surface area (Å²) in [4.78, 5) is 0. The highest BCUT2D eigenvalue weighted by Crippen LogP contribution is 2.36. The predicted molar refractivity (Wildman–Crippen MR) is 52.1 cm³/mol. The summed E-state index contributed by atoms with van der Waals surface area (Å²) in [7, 11) is 1.56. The van der Waals surface area contributed by atoms with Crippen molar-refractivity contribution in [1.82, 2.24) is 0 Å². The maximum absolute atomic E-state index is 9.39. The first kappa shape index (κ1) is 8.44. The zero-order chi connectivity index (χ0) is 9.42. The summed E-state index contributed by atoms with van der Waals surface area (Å²) < 4.78 is 11.1. The minimum absolute atomic E-state index is 0.120. The largest absolute Gasteiger partial charge is 0.504 e. The third kappa shape index (κ3) is 1.27. The highest BCUT2D eigenvalue weighted by Gasteiger charge is 2.10. The van der Waals surface area contributed by atoms with Crippen molar-refractivity contribution in [3.05, 3.63) is 22.9 Å². The maximum atomic E-state index is 9.39. The fourth-order valence-corrected chi connectivity index (χ4v) is 1.65. The van der Waals surface area contributed by atoms with E-state index in [1.165, 1.54) is 6.26 Å². The number of fused-ring (bicyclic) bond motifs is 1. The molecule has 0 amide bonds. The Labute approximate surface area is 83.0 Å². The van der Waals surface area contributed by atoms with Crippen LogP contribution in [-0.2, 0) is 0 Å². The van der Waals surface area contributed by atoms with E-state index in [-0.39, 0.29) is 5.75 Å². The second kappa shape index (κ2) is 2.96. The third-order valence-corrected chi connectivity index (χ3v) is 2.26. The summed E-state index contributed by atoms with van der Waals surface area (Å²) >= 11 is 3.31. The summed E-state index contributed by atoms with van der Waals surface area (Å²) in [6.07, 6.45) is 1.29. The van der Waals surface area contributed by atoms with Crippen LogP contribution in [0, 0.1) is 0 Å². The fraction of sp³-hybridized carbons (Fsp3) is 0.111. The Morgan fingerprint density at radius 2 is 2.23 bits per heavy atom. The Bertz CT molecular complexity index is 447. The average Bonchev–Trinajstić information content (AvgIpc) is 2.47. The van der Waals surface area contributed by atoms with Crippen molar-refractivity contribution in [2.45, 2.75) is 0 Å². The molecule has 68 valence electrons. The van der Waals surface area contributed by atoms with Crippen LogP contribution in [0.2, 0.25) is 0 Å². The number of aromatic hydroxyl groups is 1. The average molecular weight is 243 g/mol. The van der Waals surface area contributed by atoms with Gasteiger partial charge in [0.15, 0.2) is 17.1 Å². The molecule has 0 aliphatic rings. The van der Waals surface area contributed by atoms with E-state index in [1.807, 2.05) is 0 Å². The van der Waals surface area contributed by atoms with Crippen LogP contribution in [-0.4, -0.2) is 12.2 Å². The Kier molecular flexibility index (Phi) is 1.92. The van der Waals surface area contributed by atoms with Gasteiger partial charge in [0.05, 0.1) is 12.5 Å². The molecule has 0 aliphatic carbocycles. The van der Waals surface area contributed by atoms with Crippen LogP contribution in [0.15, 0.2) is 27.3 Å². The van der Waals surface area contributed by atoms with Crippen molar-refractivity contribution < 1.29 is 14.3 Å². The molecule has 3 nitrogen and oxygen atoms in total. The van der Waals surface area contributed by atoms with Gasteiger partial charge in [0, 0.05) is 4.47 Å². The van der Waals surface area contributed by atoms with Crippen molar-refractivity contribution in [3.8, 4) is 11.5 Å². The lowest BCUT2D eigenvalue weighted by atomic mass is 10.2. The lowest BCUT2D eigenvalue weighted by molar-refractivity contribution is 0.409. The molecule has 0 aliphatic heterocycles. The maximum Gasteiger partial charge on any atom is 0.179 e. The van der Waals surface area contributed by atoms with Crippen LogP contribution >= 0.6 is 15.9 Å². The molecule has 0 fully saturated rings. The number of methoxy groups -OCH3 is 1. The smallest absolute Gasteiger partial charge is 0.179 e. The quantitative estimate of drug-likeness (QED) is 0.837. The van der Waals surface area contributed by atoms with Crippen molar-refractivity contribution in [1.29, 1.82) is 0 Å². The molecule has 0 bridgehead atoms. The van der Waals surface area contributed by atoms with E-state index in [2.05, 4.69) is 15.9 Å².